The first-order valence-electron chi connectivity index (χ1n) is 7.14. The first kappa shape index (κ1) is 16.2. The van der Waals surface area contributed by atoms with Crippen LogP contribution in [0.1, 0.15) is 27.7 Å². The van der Waals surface area contributed by atoms with Crippen molar-refractivity contribution >= 4 is 0 Å². The summed E-state index contributed by atoms with van der Waals surface area (Å²) in [6.07, 6.45) is 4.42. The van der Waals surface area contributed by atoms with Crippen LogP contribution in [0.15, 0.2) is 12.2 Å². The average Bonchev–Trinajstić information content (AvgIpc) is 2.32. The van der Waals surface area contributed by atoms with Gasteiger partial charge in [0.25, 0.3) is 0 Å². The number of hydrogen-bond donors (Lipinski definition) is 0. The van der Waals surface area contributed by atoms with Gasteiger partial charge in [-0.2, -0.15) is 0 Å². The van der Waals surface area contributed by atoms with E-state index in [0.29, 0.717) is 12.0 Å². The van der Waals surface area contributed by atoms with E-state index in [1.54, 1.807) is 0 Å². The van der Waals surface area contributed by atoms with Crippen LogP contribution < -0.4 is 0 Å². The number of hydrogen-bond acceptors (Lipinski definition) is 2. The fraction of sp³-hybridized carbons (Fsp3) is 0.750. The summed E-state index contributed by atoms with van der Waals surface area (Å²) in [6, 6.07) is 0.382. The topological polar surface area (TPSA) is 12.5 Å². The monoisotopic (exact) mass is 267 g/mol. The van der Waals surface area contributed by atoms with Gasteiger partial charge in [0.05, 0.1) is 18.6 Å². The highest BCUT2D eigenvalue weighted by atomic mass is 19.1. The van der Waals surface area contributed by atoms with E-state index in [1.165, 1.54) is 0 Å². The SMILES string of the molecule is CC=CC(C#CC(C)C)[C@@H](C)N1CC(OCCF)C1. The Hall–Kier alpha value is -0.850. The van der Waals surface area contributed by atoms with Crippen molar-refractivity contribution in [2.75, 3.05) is 26.4 Å². The fourth-order valence-corrected chi connectivity index (χ4v) is 2.15. The van der Waals surface area contributed by atoms with Gasteiger partial charge >= 0.3 is 0 Å². The Kier molecular flexibility index (Phi) is 7.12. The Morgan fingerprint density at radius 3 is 2.53 bits per heavy atom. The van der Waals surface area contributed by atoms with Gasteiger partial charge in [-0.1, -0.05) is 37.8 Å². The summed E-state index contributed by atoms with van der Waals surface area (Å²) in [5.74, 6) is 7.26. The summed E-state index contributed by atoms with van der Waals surface area (Å²) in [4.78, 5) is 2.35. The molecule has 0 amide bonds. The standard InChI is InChI=1S/C16H26FNO/c1-5-6-15(8-7-13(2)3)14(4)18-11-16(12-18)19-10-9-17/h5-6,13-16H,9-12H2,1-4H3/t14-,15?/m1/s1. The van der Waals surface area contributed by atoms with Crippen molar-refractivity contribution < 1.29 is 9.13 Å². The van der Waals surface area contributed by atoms with E-state index in [-0.39, 0.29) is 18.6 Å². The molecule has 1 fully saturated rings. The third-order valence-electron chi connectivity index (χ3n) is 3.34. The lowest BCUT2D eigenvalue weighted by Crippen LogP contribution is -2.57. The number of nitrogens with zero attached hydrogens (tertiary/aromatic N) is 1. The molecule has 0 spiro atoms. The van der Waals surface area contributed by atoms with Crippen LogP contribution in [0.5, 0.6) is 0 Å². The molecule has 19 heavy (non-hydrogen) atoms. The first-order valence-corrected chi connectivity index (χ1v) is 7.14. The second kappa shape index (κ2) is 8.35. The fourth-order valence-electron chi connectivity index (χ4n) is 2.15. The van der Waals surface area contributed by atoms with E-state index in [1.807, 2.05) is 6.92 Å². The minimum absolute atomic E-state index is 0.197. The molecule has 1 rings (SSSR count). The summed E-state index contributed by atoms with van der Waals surface area (Å²) in [5, 5.41) is 0. The van der Waals surface area contributed by atoms with Gasteiger partial charge in [-0.3, -0.25) is 4.90 Å². The normalized spacial score (nSPS) is 20.1. The molecule has 1 aliphatic heterocycles. The van der Waals surface area contributed by atoms with Gasteiger partial charge in [0, 0.05) is 25.0 Å². The summed E-state index contributed by atoms with van der Waals surface area (Å²) >= 11 is 0. The smallest absolute Gasteiger partial charge is 0.113 e. The summed E-state index contributed by atoms with van der Waals surface area (Å²) < 4.78 is 17.4. The highest BCUT2D eigenvalue weighted by Gasteiger charge is 2.33. The van der Waals surface area contributed by atoms with Crippen LogP contribution in [0.3, 0.4) is 0 Å². The van der Waals surface area contributed by atoms with E-state index >= 15 is 0 Å². The highest BCUT2D eigenvalue weighted by Crippen LogP contribution is 2.21. The third kappa shape index (κ3) is 5.34. The largest absolute Gasteiger partial charge is 0.373 e. The predicted octanol–water partition coefficient (Wildman–Crippen LogP) is 2.90. The summed E-state index contributed by atoms with van der Waals surface area (Å²) in [7, 11) is 0. The highest BCUT2D eigenvalue weighted by molar-refractivity contribution is 5.15. The summed E-state index contributed by atoms with van der Waals surface area (Å²) in [6.45, 7) is 10.0. The Labute approximate surface area is 117 Å². The lowest BCUT2D eigenvalue weighted by atomic mass is 9.95. The maximum absolute atomic E-state index is 12.0. The van der Waals surface area contributed by atoms with Crippen molar-refractivity contribution in [3.63, 3.8) is 0 Å². The quantitative estimate of drug-likeness (QED) is 0.542. The number of allylic oxidation sites excluding steroid dienone is 1. The van der Waals surface area contributed by atoms with E-state index in [9.17, 15) is 4.39 Å². The molecule has 2 nitrogen and oxygen atoms in total. The molecule has 108 valence electrons. The van der Waals surface area contributed by atoms with Crippen LogP contribution in [0.4, 0.5) is 4.39 Å². The molecule has 1 aliphatic rings. The molecule has 1 heterocycles. The molecule has 0 saturated carbocycles. The van der Waals surface area contributed by atoms with Crippen LogP contribution in [-0.2, 0) is 4.74 Å². The van der Waals surface area contributed by atoms with Crippen LogP contribution in [0.25, 0.3) is 0 Å². The number of ether oxygens (including phenoxy) is 1. The maximum Gasteiger partial charge on any atom is 0.113 e. The molecule has 0 aromatic heterocycles. The molecule has 0 aromatic rings. The van der Waals surface area contributed by atoms with Gasteiger partial charge in [0.15, 0.2) is 0 Å². The zero-order chi connectivity index (χ0) is 14.3. The van der Waals surface area contributed by atoms with Crippen LogP contribution >= 0.6 is 0 Å². The molecule has 0 aliphatic carbocycles. The zero-order valence-electron chi connectivity index (χ0n) is 12.5. The molecule has 3 heteroatoms. The number of alkyl halides is 1. The maximum atomic E-state index is 12.0. The predicted molar refractivity (Wildman–Crippen MR) is 77.7 cm³/mol. The van der Waals surface area contributed by atoms with Crippen LogP contribution in [0.2, 0.25) is 0 Å². The average molecular weight is 267 g/mol. The Morgan fingerprint density at radius 1 is 1.32 bits per heavy atom. The van der Waals surface area contributed by atoms with Crippen LogP contribution in [0, 0.1) is 23.7 Å². The van der Waals surface area contributed by atoms with Crippen molar-refractivity contribution in [3.05, 3.63) is 12.2 Å². The van der Waals surface area contributed by atoms with Crippen molar-refractivity contribution in [3.8, 4) is 11.8 Å². The lowest BCUT2D eigenvalue weighted by Gasteiger charge is -2.44. The molecular weight excluding hydrogens is 241 g/mol. The first-order chi connectivity index (χ1) is 9.08. The van der Waals surface area contributed by atoms with Crippen molar-refractivity contribution in [1.82, 2.24) is 4.90 Å². The van der Waals surface area contributed by atoms with Crippen molar-refractivity contribution in [1.29, 1.82) is 0 Å². The molecule has 2 atom stereocenters. The molecular formula is C16H26FNO. The Morgan fingerprint density at radius 2 is 2.00 bits per heavy atom. The Bertz CT molecular complexity index is 336. The third-order valence-corrected chi connectivity index (χ3v) is 3.34. The summed E-state index contributed by atoms with van der Waals surface area (Å²) in [5.41, 5.74) is 0. The molecule has 1 unspecified atom stereocenters. The molecule has 0 radical (unpaired) electrons. The lowest BCUT2D eigenvalue weighted by molar-refractivity contribution is -0.0746. The van der Waals surface area contributed by atoms with Gasteiger partial charge in [-0.15, -0.1) is 0 Å². The van der Waals surface area contributed by atoms with Gasteiger partial charge < -0.3 is 4.74 Å². The number of halogens is 1. The molecule has 1 saturated heterocycles. The minimum Gasteiger partial charge on any atom is -0.373 e. The Balaban J connectivity index is 2.47. The zero-order valence-corrected chi connectivity index (χ0v) is 12.5. The van der Waals surface area contributed by atoms with Gasteiger partial charge in [0.2, 0.25) is 0 Å². The number of likely N-dealkylation sites (tertiary alicyclic amines) is 1. The minimum atomic E-state index is -0.396. The van der Waals surface area contributed by atoms with Gasteiger partial charge in [0.1, 0.15) is 6.67 Å². The molecule has 0 N–H and O–H groups in total. The van der Waals surface area contributed by atoms with Gasteiger partial charge in [-0.05, 0) is 13.8 Å². The van der Waals surface area contributed by atoms with Crippen LogP contribution in [-0.4, -0.2) is 43.4 Å². The second-order valence-corrected chi connectivity index (χ2v) is 5.37. The van der Waals surface area contributed by atoms with Gasteiger partial charge in [-0.25, -0.2) is 4.39 Å². The van der Waals surface area contributed by atoms with Crippen molar-refractivity contribution in [2.45, 2.75) is 39.8 Å². The molecule has 0 bridgehead atoms. The number of rotatable bonds is 6. The van der Waals surface area contributed by atoms with Crippen molar-refractivity contribution in [2.24, 2.45) is 11.8 Å². The van der Waals surface area contributed by atoms with E-state index in [4.69, 9.17) is 4.74 Å². The van der Waals surface area contributed by atoms with E-state index in [0.717, 1.165) is 13.1 Å². The second-order valence-electron chi connectivity index (χ2n) is 5.37. The van der Waals surface area contributed by atoms with E-state index < -0.39 is 6.67 Å². The van der Waals surface area contributed by atoms with E-state index in [2.05, 4.69) is 49.7 Å². The molecule has 0 aromatic carbocycles.